The van der Waals surface area contributed by atoms with Crippen LogP contribution in [0.1, 0.15) is 30.9 Å². The Labute approximate surface area is 180 Å². The lowest BCUT2D eigenvalue weighted by atomic mass is 9.98. The molecule has 7 heteroatoms. The molecule has 0 radical (unpaired) electrons. The Morgan fingerprint density at radius 2 is 1.87 bits per heavy atom. The van der Waals surface area contributed by atoms with Crippen LogP contribution in [0.3, 0.4) is 0 Å². The Morgan fingerprint density at radius 3 is 2.53 bits per heavy atom. The molecular formula is C23H26N2O4S. The van der Waals surface area contributed by atoms with E-state index in [2.05, 4.69) is 24.1 Å². The fourth-order valence-electron chi connectivity index (χ4n) is 3.15. The predicted molar refractivity (Wildman–Crippen MR) is 120 cm³/mol. The Hall–Kier alpha value is -3.06. The molecule has 0 saturated heterocycles. The summed E-state index contributed by atoms with van der Waals surface area (Å²) in [5.41, 5.74) is 4.05. The first kappa shape index (κ1) is 21.6. The first-order chi connectivity index (χ1) is 14.4. The third kappa shape index (κ3) is 5.10. The van der Waals surface area contributed by atoms with Crippen molar-refractivity contribution >= 4 is 22.4 Å². The summed E-state index contributed by atoms with van der Waals surface area (Å²) < 4.78 is 16.2. The van der Waals surface area contributed by atoms with Crippen LogP contribution in [0.4, 0.5) is 5.13 Å². The average molecular weight is 427 g/mol. The lowest BCUT2D eigenvalue weighted by Gasteiger charge is -2.12. The van der Waals surface area contributed by atoms with Gasteiger partial charge < -0.3 is 14.2 Å². The Kier molecular flexibility index (Phi) is 6.95. The van der Waals surface area contributed by atoms with Crippen molar-refractivity contribution in [2.75, 3.05) is 26.1 Å². The van der Waals surface area contributed by atoms with Gasteiger partial charge in [0.05, 0.1) is 19.9 Å². The monoisotopic (exact) mass is 426 g/mol. The molecule has 1 N–H and O–H groups in total. The normalized spacial score (nSPS) is 10.7. The van der Waals surface area contributed by atoms with Gasteiger partial charge in [0.25, 0.3) is 5.91 Å². The fourth-order valence-corrected chi connectivity index (χ4v) is 3.89. The number of amides is 1. The van der Waals surface area contributed by atoms with Crippen molar-refractivity contribution in [3.8, 4) is 28.5 Å². The van der Waals surface area contributed by atoms with Crippen LogP contribution in [0.2, 0.25) is 0 Å². The number of rotatable bonds is 8. The van der Waals surface area contributed by atoms with Gasteiger partial charge in [-0.3, -0.25) is 10.1 Å². The summed E-state index contributed by atoms with van der Waals surface area (Å²) in [6.45, 7) is 6.28. The molecule has 0 saturated carbocycles. The maximum Gasteiger partial charge on any atom is 0.264 e. The van der Waals surface area contributed by atoms with Crippen LogP contribution in [0.15, 0.2) is 41.8 Å². The van der Waals surface area contributed by atoms with Crippen LogP contribution >= 0.6 is 11.3 Å². The molecule has 3 aromatic rings. The number of nitrogens with zero attached hydrogens (tertiary/aromatic N) is 1. The molecule has 0 atom stereocenters. The number of ether oxygens (including phenoxy) is 3. The molecule has 6 nitrogen and oxygen atoms in total. The highest BCUT2D eigenvalue weighted by Crippen LogP contribution is 2.33. The van der Waals surface area contributed by atoms with Crippen LogP contribution in [0.5, 0.6) is 17.2 Å². The van der Waals surface area contributed by atoms with Gasteiger partial charge in [-0.15, -0.1) is 11.3 Å². The number of carbonyl (C=O) groups excluding carboxylic acids is 1. The highest BCUT2D eigenvalue weighted by Gasteiger charge is 2.12. The number of aromatic nitrogens is 1. The molecule has 0 fully saturated rings. The van der Waals surface area contributed by atoms with Gasteiger partial charge in [-0.05, 0) is 54.3 Å². The van der Waals surface area contributed by atoms with Crippen molar-refractivity contribution in [2.24, 2.45) is 0 Å². The summed E-state index contributed by atoms with van der Waals surface area (Å²) in [5.74, 6) is 2.15. The summed E-state index contributed by atoms with van der Waals surface area (Å²) in [7, 11) is 3.18. The van der Waals surface area contributed by atoms with Crippen molar-refractivity contribution in [3.63, 3.8) is 0 Å². The SMILES string of the molecule is COc1ccc(-c2csc(NC(=O)COc3ccc(C(C)C)c(C)c3)n2)cc1OC. The minimum atomic E-state index is -0.256. The van der Waals surface area contributed by atoms with Gasteiger partial charge in [0, 0.05) is 10.9 Å². The largest absolute Gasteiger partial charge is 0.493 e. The van der Waals surface area contributed by atoms with Gasteiger partial charge in [0.2, 0.25) is 0 Å². The zero-order valence-electron chi connectivity index (χ0n) is 17.8. The van der Waals surface area contributed by atoms with Gasteiger partial charge in [0.1, 0.15) is 5.75 Å². The van der Waals surface area contributed by atoms with Gasteiger partial charge in [-0.25, -0.2) is 4.98 Å². The van der Waals surface area contributed by atoms with Crippen molar-refractivity contribution in [1.82, 2.24) is 4.98 Å². The van der Waals surface area contributed by atoms with Crippen LogP contribution in [-0.2, 0) is 4.79 Å². The van der Waals surface area contributed by atoms with E-state index in [9.17, 15) is 4.79 Å². The zero-order chi connectivity index (χ0) is 21.7. The first-order valence-electron chi connectivity index (χ1n) is 9.62. The molecular weight excluding hydrogens is 400 g/mol. The Morgan fingerprint density at radius 1 is 1.10 bits per heavy atom. The van der Waals surface area contributed by atoms with E-state index in [-0.39, 0.29) is 12.5 Å². The number of hydrogen-bond acceptors (Lipinski definition) is 6. The number of methoxy groups -OCH3 is 2. The molecule has 0 unspecified atom stereocenters. The van der Waals surface area contributed by atoms with Crippen LogP contribution in [0, 0.1) is 6.92 Å². The topological polar surface area (TPSA) is 69.7 Å². The molecule has 0 spiro atoms. The minimum absolute atomic E-state index is 0.0776. The lowest BCUT2D eigenvalue weighted by Crippen LogP contribution is -2.20. The minimum Gasteiger partial charge on any atom is -0.493 e. The number of thiazole rings is 1. The molecule has 1 heterocycles. The zero-order valence-corrected chi connectivity index (χ0v) is 18.6. The van der Waals surface area contributed by atoms with Crippen molar-refractivity contribution in [3.05, 3.63) is 52.9 Å². The first-order valence-corrected chi connectivity index (χ1v) is 10.5. The summed E-state index contributed by atoms with van der Waals surface area (Å²) in [6, 6.07) is 11.5. The summed E-state index contributed by atoms with van der Waals surface area (Å²) in [5, 5.41) is 5.18. The quantitative estimate of drug-likeness (QED) is 0.531. The van der Waals surface area contributed by atoms with E-state index in [4.69, 9.17) is 14.2 Å². The third-order valence-corrected chi connectivity index (χ3v) is 5.42. The summed E-state index contributed by atoms with van der Waals surface area (Å²) in [4.78, 5) is 16.8. The molecule has 30 heavy (non-hydrogen) atoms. The summed E-state index contributed by atoms with van der Waals surface area (Å²) >= 11 is 1.35. The second-order valence-corrected chi connectivity index (χ2v) is 7.98. The van der Waals surface area contributed by atoms with E-state index >= 15 is 0 Å². The molecule has 1 aromatic heterocycles. The number of benzene rings is 2. The van der Waals surface area contributed by atoms with Crippen LogP contribution in [-0.4, -0.2) is 31.7 Å². The van der Waals surface area contributed by atoms with Gasteiger partial charge in [-0.1, -0.05) is 19.9 Å². The number of hydrogen-bond donors (Lipinski definition) is 1. The highest BCUT2D eigenvalue weighted by molar-refractivity contribution is 7.14. The van der Waals surface area contributed by atoms with Crippen LogP contribution < -0.4 is 19.5 Å². The summed E-state index contributed by atoms with van der Waals surface area (Å²) in [6.07, 6.45) is 0. The van der Waals surface area contributed by atoms with E-state index in [1.54, 1.807) is 14.2 Å². The van der Waals surface area contributed by atoms with Gasteiger partial charge in [0.15, 0.2) is 23.2 Å². The number of nitrogens with one attached hydrogen (secondary N) is 1. The molecule has 3 rings (SSSR count). The van der Waals surface area contributed by atoms with Crippen molar-refractivity contribution in [2.45, 2.75) is 26.7 Å². The fraction of sp³-hybridized carbons (Fsp3) is 0.304. The standard InChI is InChI=1S/C23H26N2O4S/c1-14(2)18-8-7-17(10-15(18)3)29-12-22(26)25-23-24-19(13-30-23)16-6-9-20(27-4)21(11-16)28-5/h6-11,13-14H,12H2,1-5H3,(H,24,25,26). The van der Waals surface area contributed by atoms with E-state index in [1.165, 1.54) is 16.9 Å². The van der Waals surface area contributed by atoms with E-state index < -0.39 is 0 Å². The van der Waals surface area contributed by atoms with Crippen LogP contribution in [0.25, 0.3) is 11.3 Å². The predicted octanol–water partition coefficient (Wildman–Crippen LogP) is 5.28. The van der Waals surface area contributed by atoms with Gasteiger partial charge in [-0.2, -0.15) is 0 Å². The van der Waals surface area contributed by atoms with Crippen molar-refractivity contribution < 1.29 is 19.0 Å². The second kappa shape index (κ2) is 9.63. The Bertz CT molecular complexity index is 1030. The van der Waals surface area contributed by atoms with E-state index in [0.29, 0.717) is 28.3 Å². The molecule has 0 aliphatic rings. The van der Waals surface area contributed by atoms with E-state index in [1.807, 2.05) is 48.7 Å². The molecule has 0 aliphatic carbocycles. The lowest BCUT2D eigenvalue weighted by molar-refractivity contribution is -0.118. The molecule has 1 amide bonds. The highest BCUT2D eigenvalue weighted by atomic mass is 32.1. The number of carbonyl (C=O) groups is 1. The smallest absolute Gasteiger partial charge is 0.264 e. The average Bonchev–Trinajstić information content (AvgIpc) is 3.19. The van der Waals surface area contributed by atoms with E-state index in [0.717, 1.165) is 16.8 Å². The molecule has 0 bridgehead atoms. The third-order valence-electron chi connectivity index (χ3n) is 4.66. The number of anilines is 1. The molecule has 158 valence electrons. The second-order valence-electron chi connectivity index (χ2n) is 7.12. The Balaban J connectivity index is 1.61. The van der Waals surface area contributed by atoms with Gasteiger partial charge >= 0.3 is 0 Å². The maximum absolute atomic E-state index is 12.3. The van der Waals surface area contributed by atoms with Crippen molar-refractivity contribution in [1.29, 1.82) is 0 Å². The molecule has 2 aromatic carbocycles. The molecule has 0 aliphatic heterocycles. The maximum atomic E-state index is 12.3. The number of aryl methyl sites for hydroxylation is 1.